The fraction of sp³-hybridized carbons (Fsp3) is 0.200. The standard InChI is InChI=1S/C15H14N2O2/c1-8-11(7-13(18)19)9(2)16-15-14(8)10-5-3-4-6-12(10)17-15/h3-6H,7H2,1-2H3,(H,16,17)(H,18,19). The number of aromatic nitrogens is 2. The van der Waals surface area contributed by atoms with Gasteiger partial charge in [0.15, 0.2) is 0 Å². The summed E-state index contributed by atoms with van der Waals surface area (Å²) in [6.07, 6.45) is 0.0140. The van der Waals surface area contributed by atoms with E-state index in [0.717, 1.165) is 38.8 Å². The van der Waals surface area contributed by atoms with Gasteiger partial charge in [0, 0.05) is 22.0 Å². The Morgan fingerprint density at radius 3 is 2.79 bits per heavy atom. The number of H-pyrrole nitrogens is 1. The summed E-state index contributed by atoms with van der Waals surface area (Å²) in [7, 11) is 0. The van der Waals surface area contributed by atoms with Crippen LogP contribution in [0.15, 0.2) is 24.3 Å². The Morgan fingerprint density at radius 1 is 1.32 bits per heavy atom. The summed E-state index contributed by atoms with van der Waals surface area (Å²) in [5.41, 5.74) is 4.44. The predicted octanol–water partition coefficient (Wildman–Crippen LogP) is 2.96. The second kappa shape index (κ2) is 4.09. The molecule has 4 heteroatoms. The molecule has 0 amide bonds. The van der Waals surface area contributed by atoms with Crippen LogP contribution in [0.4, 0.5) is 0 Å². The molecule has 0 saturated heterocycles. The van der Waals surface area contributed by atoms with Gasteiger partial charge in [-0.05, 0) is 31.0 Å². The molecule has 3 rings (SSSR count). The minimum atomic E-state index is -0.827. The number of carboxylic acid groups (broad SMARTS) is 1. The normalized spacial score (nSPS) is 11.3. The first kappa shape index (κ1) is 11.7. The number of aryl methyl sites for hydroxylation is 2. The molecule has 0 bridgehead atoms. The highest BCUT2D eigenvalue weighted by Crippen LogP contribution is 2.30. The van der Waals surface area contributed by atoms with Crippen molar-refractivity contribution in [1.82, 2.24) is 9.97 Å². The van der Waals surface area contributed by atoms with Gasteiger partial charge in [0.1, 0.15) is 5.65 Å². The van der Waals surface area contributed by atoms with Crippen LogP contribution in [0.1, 0.15) is 16.8 Å². The molecule has 0 saturated carbocycles. The monoisotopic (exact) mass is 254 g/mol. The number of nitrogens with one attached hydrogen (secondary N) is 1. The van der Waals surface area contributed by atoms with Crippen molar-refractivity contribution < 1.29 is 9.90 Å². The summed E-state index contributed by atoms with van der Waals surface area (Å²) in [5, 5.41) is 11.1. The van der Waals surface area contributed by atoms with Crippen LogP contribution in [0.3, 0.4) is 0 Å². The number of carboxylic acids is 1. The van der Waals surface area contributed by atoms with Crippen molar-refractivity contribution >= 4 is 27.9 Å². The smallest absolute Gasteiger partial charge is 0.307 e. The molecule has 0 aliphatic rings. The van der Waals surface area contributed by atoms with Crippen LogP contribution in [0.5, 0.6) is 0 Å². The van der Waals surface area contributed by atoms with Crippen LogP contribution in [-0.4, -0.2) is 21.0 Å². The molecule has 2 N–H and O–H groups in total. The highest BCUT2D eigenvalue weighted by Gasteiger charge is 2.15. The van der Waals surface area contributed by atoms with E-state index < -0.39 is 5.97 Å². The van der Waals surface area contributed by atoms with E-state index in [1.54, 1.807) is 0 Å². The minimum Gasteiger partial charge on any atom is -0.481 e. The lowest BCUT2D eigenvalue weighted by atomic mass is 10.00. The third kappa shape index (κ3) is 1.76. The van der Waals surface area contributed by atoms with E-state index in [-0.39, 0.29) is 6.42 Å². The average molecular weight is 254 g/mol. The summed E-state index contributed by atoms with van der Waals surface area (Å²) in [4.78, 5) is 18.8. The minimum absolute atomic E-state index is 0.0140. The number of pyridine rings is 1. The number of para-hydroxylation sites is 1. The van der Waals surface area contributed by atoms with Crippen molar-refractivity contribution in [3.8, 4) is 0 Å². The van der Waals surface area contributed by atoms with Gasteiger partial charge in [0.05, 0.1) is 6.42 Å². The maximum Gasteiger partial charge on any atom is 0.307 e. The molecule has 2 heterocycles. The van der Waals surface area contributed by atoms with Gasteiger partial charge in [-0.2, -0.15) is 0 Å². The summed E-state index contributed by atoms with van der Waals surface area (Å²) in [5.74, 6) is -0.827. The number of nitrogens with zero attached hydrogens (tertiary/aromatic N) is 1. The van der Waals surface area contributed by atoms with Gasteiger partial charge in [-0.15, -0.1) is 0 Å². The number of fused-ring (bicyclic) bond motifs is 3. The Kier molecular flexibility index (Phi) is 2.52. The van der Waals surface area contributed by atoms with E-state index >= 15 is 0 Å². The van der Waals surface area contributed by atoms with Gasteiger partial charge in [0.2, 0.25) is 0 Å². The highest BCUT2D eigenvalue weighted by molar-refractivity contribution is 6.08. The quantitative estimate of drug-likeness (QED) is 0.738. The summed E-state index contributed by atoms with van der Waals surface area (Å²) in [6.45, 7) is 3.83. The van der Waals surface area contributed by atoms with Crippen LogP contribution in [0.2, 0.25) is 0 Å². The number of aromatic amines is 1. The molecule has 96 valence electrons. The molecule has 0 fully saturated rings. The molecule has 0 atom stereocenters. The average Bonchev–Trinajstić information content (AvgIpc) is 2.72. The molecule has 4 nitrogen and oxygen atoms in total. The Hall–Kier alpha value is -2.36. The maximum absolute atomic E-state index is 11.0. The number of hydrogen-bond donors (Lipinski definition) is 2. The number of hydrogen-bond acceptors (Lipinski definition) is 2. The fourth-order valence-corrected chi connectivity index (χ4v) is 2.66. The lowest BCUT2D eigenvalue weighted by Gasteiger charge is -2.08. The molecule has 19 heavy (non-hydrogen) atoms. The van der Waals surface area contributed by atoms with E-state index in [9.17, 15) is 4.79 Å². The predicted molar refractivity (Wildman–Crippen MR) is 74.4 cm³/mol. The van der Waals surface area contributed by atoms with Gasteiger partial charge >= 0.3 is 5.97 Å². The molecule has 0 radical (unpaired) electrons. The van der Waals surface area contributed by atoms with Gasteiger partial charge in [-0.3, -0.25) is 4.79 Å². The van der Waals surface area contributed by atoms with Crippen molar-refractivity contribution in [2.75, 3.05) is 0 Å². The molecule has 0 aliphatic carbocycles. The SMILES string of the molecule is Cc1nc2[nH]c3ccccc3c2c(C)c1CC(=O)O. The molecular formula is C15H14N2O2. The van der Waals surface area contributed by atoms with E-state index in [2.05, 4.69) is 9.97 Å². The largest absolute Gasteiger partial charge is 0.481 e. The van der Waals surface area contributed by atoms with Crippen LogP contribution < -0.4 is 0 Å². The van der Waals surface area contributed by atoms with Gasteiger partial charge in [-0.1, -0.05) is 18.2 Å². The van der Waals surface area contributed by atoms with Crippen molar-refractivity contribution in [2.45, 2.75) is 20.3 Å². The lowest BCUT2D eigenvalue weighted by Crippen LogP contribution is -2.06. The van der Waals surface area contributed by atoms with Crippen LogP contribution in [0.25, 0.3) is 21.9 Å². The first-order chi connectivity index (χ1) is 9.08. The number of carbonyl (C=O) groups is 1. The number of aliphatic carboxylic acids is 1. The molecular weight excluding hydrogens is 240 g/mol. The van der Waals surface area contributed by atoms with E-state index in [1.165, 1.54) is 0 Å². The number of rotatable bonds is 2. The topological polar surface area (TPSA) is 66.0 Å². The third-order valence-corrected chi connectivity index (χ3v) is 3.56. The fourth-order valence-electron chi connectivity index (χ4n) is 2.66. The number of benzene rings is 1. The van der Waals surface area contributed by atoms with Crippen molar-refractivity contribution in [3.05, 3.63) is 41.1 Å². The maximum atomic E-state index is 11.0. The van der Waals surface area contributed by atoms with E-state index in [0.29, 0.717) is 0 Å². The van der Waals surface area contributed by atoms with E-state index in [1.807, 2.05) is 38.1 Å². The van der Waals surface area contributed by atoms with Gasteiger partial charge < -0.3 is 10.1 Å². The summed E-state index contributed by atoms with van der Waals surface area (Å²) < 4.78 is 0. The molecule has 0 unspecified atom stereocenters. The molecule has 3 aromatic rings. The van der Waals surface area contributed by atoms with Crippen molar-refractivity contribution in [3.63, 3.8) is 0 Å². The van der Waals surface area contributed by atoms with Crippen LogP contribution in [-0.2, 0) is 11.2 Å². The van der Waals surface area contributed by atoms with Gasteiger partial charge in [-0.25, -0.2) is 4.98 Å². The molecule has 0 spiro atoms. The lowest BCUT2D eigenvalue weighted by molar-refractivity contribution is -0.136. The van der Waals surface area contributed by atoms with Crippen molar-refractivity contribution in [2.24, 2.45) is 0 Å². The zero-order valence-electron chi connectivity index (χ0n) is 10.8. The summed E-state index contributed by atoms with van der Waals surface area (Å²) >= 11 is 0. The van der Waals surface area contributed by atoms with Gasteiger partial charge in [0.25, 0.3) is 0 Å². The Bertz CT molecular complexity index is 803. The zero-order chi connectivity index (χ0) is 13.6. The first-order valence-electron chi connectivity index (χ1n) is 6.16. The Labute approximate surface area is 110 Å². The third-order valence-electron chi connectivity index (χ3n) is 3.56. The van der Waals surface area contributed by atoms with Crippen LogP contribution in [0, 0.1) is 13.8 Å². The first-order valence-corrected chi connectivity index (χ1v) is 6.16. The molecule has 0 aliphatic heterocycles. The second-order valence-electron chi connectivity index (χ2n) is 4.77. The summed E-state index contributed by atoms with van der Waals surface area (Å²) in [6, 6.07) is 7.98. The van der Waals surface area contributed by atoms with E-state index in [4.69, 9.17) is 5.11 Å². The molecule has 2 aromatic heterocycles. The highest BCUT2D eigenvalue weighted by atomic mass is 16.4. The van der Waals surface area contributed by atoms with Crippen LogP contribution >= 0.6 is 0 Å². The van der Waals surface area contributed by atoms with Crippen molar-refractivity contribution in [1.29, 1.82) is 0 Å². The molecule has 1 aromatic carbocycles. The Morgan fingerprint density at radius 2 is 2.05 bits per heavy atom. The zero-order valence-corrected chi connectivity index (χ0v) is 10.8. The second-order valence-corrected chi connectivity index (χ2v) is 4.77. The Balaban J connectivity index is 2.41.